The molecule has 1 aliphatic rings. The maximum atomic E-state index is 13.1. The van der Waals surface area contributed by atoms with Crippen molar-refractivity contribution in [3.8, 4) is 11.5 Å². The second-order valence-corrected chi connectivity index (χ2v) is 8.28. The number of carbonyl (C=O) groups is 1. The fourth-order valence-electron chi connectivity index (χ4n) is 3.08. The Morgan fingerprint density at radius 3 is 2.45 bits per heavy atom. The number of aryl methyl sites for hydroxylation is 1. The topological polar surface area (TPSA) is 90.9 Å². The molecule has 2 aromatic carbocycles. The van der Waals surface area contributed by atoms with Gasteiger partial charge in [0.05, 0.1) is 30.2 Å². The number of hydrogen-bond donors (Lipinski definition) is 1. The lowest BCUT2D eigenvalue weighted by Crippen LogP contribution is -2.35. The van der Waals surface area contributed by atoms with Gasteiger partial charge >= 0.3 is 5.97 Å². The second-order valence-electron chi connectivity index (χ2n) is 6.56. The van der Waals surface area contributed by atoms with E-state index in [1.54, 1.807) is 44.2 Å². The Bertz CT molecular complexity index is 1060. The van der Waals surface area contributed by atoms with Gasteiger partial charge in [-0.2, -0.15) is 4.72 Å². The highest BCUT2D eigenvalue weighted by atomic mass is 32.2. The number of fused-ring (bicyclic) bond motifs is 1. The maximum Gasteiger partial charge on any atom is 0.339 e. The molecule has 0 saturated carbocycles. The number of allylic oxidation sites excluding steroid dienone is 1. The largest absolute Gasteiger partial charge is 0.497 e. The number of esters is 1. The van der Waals surface area contributed by atoms with Crippen molar-refractivity contribution in [1.82, 2.24) is 4.72 Å². The summed E-state index contributed by atoms with van der Waals surface area (Å²) in [4.78, 5) is 12.7. The van der Waals surface area contributed by atoms with Gasteiger partial charge in [-0.3, -0.25) is 0 Å². The zero-order chi connectivity index (χ0) is 21.2. The zero-order valence-corrected chi connectivity index (χ0v) is 17.5. The summed E-state index contributed by atoms with van der Waals surface area (Å²) in [6.45, 7) is 5.31. The number of nitrogens with one attached hydrogen (secondary N) is 1. The summed E-state index contributed by atoms with van der Waals surface area (Å²) in [6.07, 6.45) is 0. The molecule has 29 heavy (non-hydrogen) atoms. The van der Waals surface area contributed by atoms with Gasteiger partial charge in [0.1, 0.15) is 17.3 Å². The molecule has 1 atom stereocenters. The van der Waals surface area contributed by atoms with Crippen LogP contribution in [0.1, 0.15) is 31.0 Å². The first-order valence-electron chi connectivity index (χ1n) is 9.09. The van der Waals surface area contributed by atoms with E-state index in [2.05, 4.69) is 4.72 Å². The van der Waals surface area contributed by atoms with Crippen LogP contribution >= 0.6 is 0 Å². The van der Waals surface area contributed by atoms with Crippen molar-refractivity contribution in [2.24, 2.45) is 0 Å². The van der Waals surface area contributed by atoms with Gasteiger partial charge in [0.15, 0.2) is 0 Å². The number of carbonyl (C=O) groups excluding carboxylic acids is 1. The fraction of sp³-hybridized carbons (Fsp3) is 0.286. The van der Waals surface area contributed by atoms with Crippen LogP contribution in [0.2, 0.25) is 0 Å². The highest BCUT2D eigenvalue weighted by molar-refractivity contribution is 7.89. The van der Waals surface area contributed by atoms with E-state index >= 15 is 0 Å². The van der Waals surface area contributed by atoms with Gasteiger partial charge in [-0.25, -0.2) is 13.2 Å². The van der Waals surface area contributed by atoms with E-state index < -0.39 is 22.0 Å². The van der Waals surface area contributed by atoms with Gasteiger partial charge in [-0.05, 0) is 51.1 Å². The molecule has 2 aromatic rings. The van der Waals surface area contributed by atoms with E-state index in [1.165, 1.54) is 19.2 Å². The van der Waals surface area contributed by atoms with Crippen molar-refractivity contribution in [2.75, 3.05) is 13.7 Å². The third-order valence-corrected chi connectivity index (χ3v) is 6.00. The summed E-state index contributed by atoms with van der Waals surface area (Å²) in [5.74, 6) is 0.579. The van der Waals surface area contributed by atoms with Crippen molar-refractivity contribution in [2.45, 2.75) is 31.7 Å². The summed E-state index contributed by atoms with van der Waals surface area (Å²) in [5, 5.41) is 0. The number of ether oxygens (including phenoxy) is 3. The number of benzene rings is 2. The molecular weight excluding hydrogens is 394 g/mol. The number of sulfonamides is 1. The number of rotatable bonds is 6. The summed E-state index contributed by atoms with van der Waals surface area (Å²) in [6, 6.07) is 10.5. The van der Waals surface area contributed by atoms with Crippen molar-refractivity contribution in [3.05, 3.63) is 64.9 Å². The van der Waals surface area contributed by atoms with Gasteiger partial charge in [0, 0.05) is 5.56 Å². The minimum absolute atomic E-state index is 0.0971. The van der Waals surface area contributed by atoms with Crippen molar-refractivity contribution >= 4 is 16.0 Å². The average molecular weight is 417 g/mol. The first kappa shape index (κ1) is 20.9. The molecule has 0 aliphatic carbocycles. The summed E-state index contributed by atoms with van der Waals surface area (Å²) in [7, 11) is -2.43. The first-order chi connectivity index (χ1) is 13.8. The summed E-state index contributed by atoms with van der Waals surface area (Å²) in [5.41, 5.74) is 1.50. The van der Waals surface area contributed by atoms with Gasteiger partial charge < -0.3 is 14.2 Å². The molecule has 0 spiro atoms. The Kier molecular flexibility index (Phi) is 5.95. The summed E-state index contributed by atoms with van der Waals surface area (Å²) >= 11 is 0. The highest BCUT2D eigenvalue weighted by Crippen LogP contribution is 2.40. The van der Waals surface area contributed by atoms with E-state index in [4.69, 9.17) is 14.2 Å². The van der Waals surface area contributed by atoms with Crippen LogP contribution in [0.15, 0.2) is 58.7 Å². The highest BCUT2D eigenvalue weighted by Gasteiger charge is 2.36. The van der Waals surface area contributed by atoms with E-state index in [0.29, 0.717) is 17.1 Å². The van der Waals surface area contributed by atoms with Gasteiger partial charge in [-0.15, -0.1) is 0 Å². The average Bonchev–Trinajstić information content (AvgIpc) is 2.68. The van der Waals surface area contributed by atoms with Crippen LogP contribution in [0.5, 0.6) is 11.5 Å². The molecule has 1 aliphatic heterocycles. The molecule has 0 amide bonds. The van der Waals surface area contributed by atoms with Gasteiger partial charge in [-0.1, -0.05) is 17.7 Å². The second kappa shape index (κ2) is 8.26. The normalized spacial score (nSPS) is 16.1. The van der Waals surface area contributed by atoms with Gasteiger partial charge in [0.25, 0.3) is 0 Å². The minimum atomic E-state index is -3.93. The number of hydrogen-bond acceptors (Lipinski definition) is 6. The predicted molar refractivity (Wildman–Crippen MR) is 107 cm³/mol. The van der Waals surface area contributed by atoms with Crippen molar-refractivity contribution < 1.29 is 27.4 Å². The first-order valence-corrected chi connectivity index (χ1v) is 10.6. The fourth-order valence-corrected chi connectivity index (χ4v) is 4.27. The third-order valence-electron chi connectivity index (χ3n) is 4.56. The molecule has 1 N–H and O–H groups in total. The van der Waals surface area contributed by atoms with E-state index in [9.17, 15) is 13.2 Å². The minimum Gasteiger partial charge on any atom is -0.497 e. The van der Waals surface area contributed by atoms with Crippen LogP contribution in [-0.2, 0) is 19.6 Å². The molecule has 7 nitrogen and oxygen atoms in total. The molecule has 1 unspecified atom stereocenters. The Hall–Kier alpha value is -2.84. The Morgan fingerprint density at radius 2 is 1.83 bits per heavy atom. The summed E-state index contributed by atoms with van der Waals surface area (Å²) < 4.78 is 44.9. The lowest BCUT2D eigenvalue weighted by atomic mass is 9.95. The standard InChI is InChI=1S/C21H23NO6S/c1-5-27-21(23)19-14(3)28-18-11-8-15(26-4)12-17(18)20(19)22-29(24,25)16-9-6-13(2)7-10-16/h6-12,20,22H,5H2,1-4H3. The molecule has 0 aromatic heterocycles. The molecule has 0 saturated heterocycles. The molecule has 0 fully saturated rings. The predicted octanol–water partition coefficient (Wildman–Crippen LogP) is 3.25. The molecular formula is C21H23NO6S. The lowest BCUT2D eigenvalue weighted by molar-refractivity contribution is -0.139. The lowest BCUT2D eigenvalue weighted by Gasteiger charge is -2.29. The van der Waals surface area contributed by atoms with Crippen LogP contribution in [0.25, 0.3) is 0 Å². The Morgan fingerprint density at radius 1 is 1.14 bits per heavy atom. The van der Waals surface area contributed by atoms with E-state index in [0.717, 1.165) is 5.56 Å². The van der Waals surface area contributed by atoms with E-state index in [1.807, 2.05) is 6.92 Å². The SMILES string of the molecule is CCOC(=O)C1=C(C)Oc2ccc(OC)cc2C1NS(=O)(=O)c1ccc(C)cc1. The maximum absolute atomic E-state index is 13.1. The van der Waals surface area contributed by atoms with Crippen molar-refractivity contribution in [3.63, 3.8) is 0 Å². The van der Waals surface area contributed by atoms with Crippen LogP contribution in [-0.4, -0.2) is 28.1 Å². The Balaban J connectivity index is 2.10. The smallest absolute Gasteiger partial charge is 0.339 e. The third kappa shape index (κ3) is 4.28. The van der Waals surface area contributed by atoms with Crippen LogP contribution in [0.4, 0.5) is 0 Å². The molecule has 8 heteroatoms. The van der Waals surface area contributed by atoms with Crippen molar-refractivity contribution in [1.29, 1.82) is 0 Å². The molecule has 0 radical (unpaired) electrons. The molecule has 1 heterocycles. The monoisotopic (exact) mass is 417 g/mol. The zero-order valence-electron chi connectivity index (χ0n) is 16.7. The van der Waals surface area contributed by atoms with Gasteiger partial charge in [0.2, 0.25) is 10.0 Å². The number of methoxy groups -OCH3 is 1. The molecule has 154 valence electrons. The van der Waals surface area contributed by atoms with Crippen LogP contribution in [0, 0.1) is 6.92 Å². The molecule has 3 rings (SSSR count). The molecule has 0 bridgehead atoms. The van der Waals surface area contributed by atoms with Crippen LogP contribution in [0.3, 0.4) is 0 Å². The van der Waals surface area contributed by atoms with Crippen LogP contribution < -0.4 is 14.2 Å². The Labute approximate surface area is 170 Å². The van der Waals surface area contributed by atoms with E-state index in [-0.39, 0.29) is 22.8 Å². The quantitative estimate of drug-likeness (QED) is 0.726.